The number of hydrogen-bond donors (Lipinski definition) is 1. The Hall–Kier alpha value is -3.27. The number of nitrogens with zero attached hydrogens (tertiary/aromatic N) is 3. The van der Waals surface area contributed by atoms with E-state index in [4.69, 9.17) is 10.00 Å². The van der Waals surface area contributed by atoms with Gasteiger partial charge >= 0.3 is 0 Å². The third kappa shape index (κ3) is 3.51. The maximum atomic E-state index is 13.0. The summed E-state index contributed by atoms with van der Waals surface area (Å²) in [4.78, 5) is 31.3. The standard InChI is InChI=1S/C20H22N4O3/c1-13-12-23(17-6-4-5-7-18(17)27-3)8-9-24(13)20(26)16-10-15(11-21)19(25)22-14(16)2/h4-7,10,13H,8-9,12H2,1-3H3,(H,22,25). The molecule has 1 unspecified atom stereocenters. The Morgan fingerprint density at radius 2 is 2.07 bits per heavy atom. The second kappa shape index (κ2) is 7.54. The van der Waals surface area contributed by atoms with E-state index in [1.807, 2.05) is 37.3 Å². The van der Waals surface area contributed by atoms with E-state index in [0.717, 1.165) is 11.4 Å². The Labute approximate surface area is 157 Å². The van der Waals surface area contributed by atoms with Crippen molar-refractivity contribution in [2.24, 2.45) is 0 Å². The lowest BCUT2D eigenvalue weighted by atomic mass is 10.1. The van der Waals surface area contributed by atoms with E-state index in [1.54, 1.807) is 18.9 Å². The number of anilines is 1. The number of carbonyl (C=O) groups excluding carboxylic acids is 1. The maximum absolute atomic E-state index is 13.0. The summed E-state index contributed by atoms with van der Waals surface area (Å²) in [6, 6.07) is 11.0. The highest BCUT2D eigenvalue weighted by Gasteiger charge is 2.30. The Morgan fingerprint density at radius 1 is 1.33 bits per heavy atom. The molecule has 1 saturated heterocycles. The molecule has 7 nitrogen and oxygen atoms in total. The van der Waals surface area contributed by atoms with E-state index in [0.29, 0.717) is 30.9 Å². The smallest absolute Gasteiger partial charge is 0.266 e. The van der Waals surface area contributed by atoms with Crippen LogP contribution in [0.25, 0.3) is 0 Å². The van der Waals surface area contributed by atoms with E-state index in [2.05, 4.69) is 9.88 Å². The normalized spacial score (nSPS) is 16.7. The van der Waals surface area contributed by atoms with Crippen molar-refractivity contribution in [3.05, 3.63) is 57.5 Å². The number of H-pyrrole nitrogens is 1. The fourth-order valence-electron chi connectivity index (χ4n) is 3.45. The number of ether oxygens (including phenoxy) is 1. The SMILES string of the molecule is COc1ccccc1N1CCN(C(=O)c2cc(C#N)c(=O)[nH]c2C)C(C)C1. The molecule has 0 radical (unpaired) electrons. The molecule has 1 N–H and O–H groups in total. The van der Waals surface area contributed by atoms with Crippen LogP contribution in [0.3, 0.4) is 0 Å². The first-order chi connectivity index (χ1) is 13.0. The summed E-state index contributed by atoms with van der Waals surface area (Å²) >= 11 is 0. The lowest BCUT2D eigenvalue weighted by Gasteiger charge is -2.41. The van der Waals surface area contributed by atoms with Gasteiger partial charge in [0.05, 0.1) is 18.4 Å². The summed E-state index contributed by atoms with van der Waals surface area (Å²) in [5, 5.41) is 9.07. The molecule has 27 heavy (non-hydrogen) atoms. The molecular formula is C20H22N4O3. The van der Waals surface area contributed by atoms with Crippen molar-refractivity contribution < 1.29 is 9.53 Å². The summed E-state index contributed by atoms with van der Waals surface area (Å²) in [5.74, 6) is 0.632. The van der Waals surface area contributed by atoms with Crippen LogP contribution in [0.2, 0.25) is 0 Å². The van der Waals surface area contributed by atoms with Gasteiger partial charge in [-0.1, -0.05) is 12.1 Å². The van der Waals surface area contributed by atoms with Crippen LogP contribution < -0.4 is 15.2 Å². The number of carbonyl (C=O) groups is 1. The van der Waals surface area contributed by atoms with Gasteiger partial charge in [0, 0.05) is 31.4 Å². The molecule has 1 aliphatic heterocycles. The second-order valence-electron chi connectivity index (χ2n) is 6.63. The zero-order valence-corrected chi connectivity index (χ0v) is 15.7. The van der Waals surface area contributed by atoms with Gasteiger partial charge in [0.1, 0.15) is 17.4 Å². The van der Waals surface area contributed by atoms with Gasteiger partial charge in [-0.25, -0.2) is 0 Å². The number of aromatic amines is 1. The van der Waals surface area contributed by atoms with Crippen LogP contribution in [0, 0.1) is 18.3 Å². The minimum absolute atomic E-state index is 0.0342. The highest BCUT2D eigenvalue weighted by molar-refractivity contribution is 5.96. The molecule has 0 aliphatic carbocycles. The number of nitrogens with one attached hydrogen (secondary N) is 1. The summed E-state index contributed by atoms with van der Waals surface area (Å²) in [5.41, 5.74) is 1.32. The molecule has 1 fully saturated rings. The zero-order chi connectivity index (χ0) is 19.6. The molecule has 1 aliphatic rings. The number of para-hydroxylation sites is 2. The number of amides is 1. The van der Waals surface area contributed by atoms with Gasteiger partial charge in [0.15, 0.2) is 0 Å². The molecule has 1 atom stereocenters. The number of piperazine rings is 1. The lowest BCUT2D eigenvalue weighted by Crippen LogP contribution is -2.54. The van der Waals surface area contributed by atoms with Crippen molar-refractivity contribution in [3.63, 3.8) is 0 Å². The first-order valence-electron chi connectivity index (χ1n) is 8.79. The van der Waals surface area contributed by atoms with Gasteiger partial charge in [0.25, 0.3) is 11.5 Å². The molecule has 3 rings (SSSR count). The zero-order valence-electron chi connectivity index (χ0n) is 15.7. The Kier molecular flexibility index (Phi) is 5.17. The molecule has 7 heteroatoms. The third-order valence-corrected chi connectivity index (χ3v) is 4.90. The second-order valence-corrected chi connectivity index (χ2v) is 6.63. The Bertz CT molecular complexity index is 960. The molecule has 1 aromatic heterocycles. The number of aryl methyl sites for hydroxylation is 1. The number of pyridine rings is 1. The average Bonchev–Trinajstić information content (AvgIpc) is 2.67. The number of rotatable bonds is 3. The monoisotopic (exact) mass is 366 g/mol. The number of aromatic nitrogens is 1. The molecule has 2 heterocycles. The molecule has 2 aromatic rings. The Balaban J connectivity index is 1.82. The highest BCUT2D eigenvalue weighted by atomic mass is 16.5. The van der Waals surface area contributed by atoms with Gasteiger partial charge in [0.2, 0.25) is 0 Å². The first-order valence-corrected chi connectivity index (χ1v) is 8.79. The fraction of sp³-hybridized carbons (Fsp3) is 0.350. The summed E-state index contributed by atoms with van der Waals surface area (Å²) in [6.45, 7) is 5.54. The molecule has 1 amide bonds. The van der Waals surface area contributed by atoms with Crippen LogP contribution in [0.5, 0.6) is 5.75 Å². The van der Waals surface area contributed by atoms with Crippen molar-refractivity contribution in [1.29, 1.82) is 5.26 Å². The van der Waals surface area contributed by atoms with Gasteiger partial charge in [-0.3, -0.25) is 9.59 Å². The minimum Gasteiger partial charge on any atom is -0.495 e. The van der Waals surface area contributed by atoms with E-state index in [9.17, 15) is 9.59 Å². The van der Waals surface area contributed by atoms with Crippen LogP contribution in [0.4, 0.5) is 5.69 Å². The molecule has 1 aromatic carbocycles. The quantitative estimate of drug-likeness (QED) is 0.896. The van der Waals surface area contributed by atoms with Gasteiger partial charge in [-0.15, -0.1) is 0 Å². The molecule has 0 bridgehead atoms. The van der Waals surface area contributed by atoms with Crippen molar-refractivity contribution in [3.8, 4) is 11.8 Å². The fourth-order valence-corrected chi connectivity index (χ4v) is 3.45. The summed E-state index contributed by atoms with van der Waals surface area (Å²) < 4.78 is 5.44. The van der Waals surface area contributed by atoms with Crippen LogP contribution in [0.1, 0.15) is 28.5 Å². The van der Waals surface area contributed by atoms with Crippen LogP contribution >= 0.6 is 0 Å². The average molecular weight is 366 g/mol. The minimum atomic E-state index is -0.472. The van der Waals surface area contributed by atoms with Gasteiger partial charge in [-0.2, -0.15) is 5.26 Å². The van der Waals surface area contributed by atoms with Crippen LogP contribution in [-0.4, -0.2) is 48.6 Å². The number of nitriles is 1. The third-order valence-electron chi connectivity index (χ3n) is 4.90. The lowest BCUT2D eigenvalue weighted by molar-refractivity contribution is 0.0672. The maximum Gasteiger partial charge on any atom is 0.266 e. The molecule has 0 spiro atoms. The predicted octanol–water partition coefficient (Wildman–Crippen LogP) is 1.91. The van der Waals surface area contributed by atoms with E-state index in [1.165, 1.54) is 6.07 Å². The molecular weight excluding hydrogens is 344 g/mol. The van der Waals surface area contributed by atoms with Crippen LogP contribution in [0.15, 0.2) is 35.1 Å². The predicted molar refractivity (Wildman–Crippen MR) is 102 cm³/mol. The highest BCUT2D eigenvalue weighted by Crippen LogP contribution is 2.29. The largest absolute Gasteiger partial charge is 0.495 e. The number of hydrogen-bond acceptors (Lipinski definition) is 5. The van der Waals surface area contributed by atoms with Crippen molar-refractivity contribution >= 4 is 11.6 Å². The first kappa shape index (κ1) is 18.5. The van der Waals surface area contributed by atoms with E-state index >= 15 is 0 Å². The Morgan fingerprint density at radius 3 is 2.74 bits per heavy atom. The number of benzene rings is 1. The number of methoxy groups -OCH3 is 1. The van der Waals surface area contributed by atoms with E-state index < -0.39 is 5.56 Å². The molecule has 0 saturated carbocycles. The van der Waals surface area contributed by atoms with Gasteiger partial charge < -0.3 is 19.5 Å². The summed E-state index contributed by atoms with van der Waals surface area (Å²) in [7, 11) is 1.65. The van der Waals surface area contributed by atoms with Crippen molar-refractivity contribution in [2.75, 3.05) is 31.6 Å². The molecule has 140 valence electrons. The van der Waals surface area contributed by atoms with E-state index in [-0.39, 0.29) is 17.5 Å². The van der Waals surface area contributed by atoms with Crippen LogP contribution in [-0.2, 0) is 0 Å². The van der Waals surface area contributed by atoms with Gasteiger partial charge in [-0.05, 0) is 32.0 Å². The topological polar surface area (TPSA) is 89.4 Å². The summed E-state index contributed by atoms with van der Waals surface area (Å²) in [6.07, 6.45) is 0. The van der Waals surface area contributed by atoms with Crippen molar-refractivity contribution in [1.82, 2.24) is 9.88 Å². The van der Waals surface area contributed by atoms with Crippen molar-refractivity contribution in [2.45, 2.75) is 19.9 Å².